The molecule has 1 unspecified atom stereocenters. The molecule has 0 radical (unpaired) electrons. The second-order valence-corrected chi connectivity index (χ2v) is 4.78. The van der Waals surface area contributed by atoms with Gasteiger partial charge >= 0.3 is 0 Å². The smallest absolute Gasteiger partial charge is 0.225 e. The molecule has 2 rings (SSSR count). The van der Waals surface area contributed by atoms with Crippen molar-refractivity contribution in [3.05, 3.63) is 29.8 Å². The second kappa shape index (κ2) is 7.39. The summed E-state index contributed by atoms with van der Waals surface area (Å²) in [6.45, 7) is 2.37. The highest BCUT2D eigenvalue weighted by molar-refractivity contribution is 5.90. The van der Waals surface area contributed by atoms with Gasteiger partial charge < -0.3 is 10.1 Å². The van der Waals surface area contributed by atoms with E-state index >= 15 is 0 Å². The van der Waals surface area contributed by atoms with Crippen molar-refractivity contribution in [2.75, 3.05) is 31.6 Å². The summed E-state index contributed by atoms with van der Waals surface area (Å²) >= 11 is 0. The van der Waals surface area contributed by atoms with Crippen molar-refractivity contribution in [2.24, 2.45) is 0 Å². The van der Waals surface area contributed by atoms with Crippen molar-refractivity contribution in [1.29, 1.82) is 10.5 Å². The van der Waals surface area contributed by atoms with Gasteiger partial charge in [0.15, 0.2) is 6.10 Å². The number of hydrogen-bond acceptors (Lipinski definition) is 5. The van der Waals surface area contributed by atoms with E-state index in [2.05, 4.69) is 11.4 Å². The van der Waals surface area contributed by atoms with Crippen LogP contribution in [-0.4, -0.2) is 43.2 Å². The average molecular weight is 284 g/mol. The Morgan fingerprint density at radius 3 is 3.10 bits per heavy atom. The molecule has 1 aliphatic rings. The molecule has 0 spiro atoms. The van der Waals surface area contributed by atoms with Crippen molar-refractivity contribution < 1.29 is 9.53 Å². The Morgan fingerprint density at radius 2 is 2.33 bits per heavy atom. The Kier molecular flexibility index (Phi) is 5.28. The van der Waals surface area contributed by atoms with Crippen molar-refractivity contribution in [2.45, 2.75) is 12.5 Å². The van der Waals surface area contributed by atoms with Crippen LogP contribution in [0.1, 0.15) is 12.0 Å². The fourth-order valence-electron chi connectivity index (χ4n) is 2.13. The molecular weight excluding hydrogens is 268 g/mol. The zero-order chi connectivity index (χ0) is 15.1. The predicted molar refractivity (Wildman–Crippen MR) is 76.2 cm³/mol. The van der Waals surface area contributed by atoms with E-state index in [-0.39, 0.29) is 5.91 Å². The summed E-state index contributed by atoms with van der Waals surface area (Å²) < 4.78 is 5.25. The molecule has 1 aliphatic heterocycles. The minimum Gasteiger partial charge on any atom is -0.361 e. The van der Waals surface area contributed by atoms with E-state index in [4.69, 9.17) is 15.3 Å². The molecule has 6 heteroatoms. The van der Waals surface area contributed by atoms with E-state index in [9.17, 15) is 4.79 Å². The number of rotatable bonds is 4. The van der Waals surface area contributed by atoms with Crippen LogP contribution in [0.5, 0.6) is 0 Å². The van der Waals surface area contributed by atoms with E-state index in [1.54, 1.807) is 24.3 Å². The molecule has 1 aromatic carbocycles. The van der Waals surface area contributed by atoms with E-state index in [0.717, 1.165) is 6.54 Å². The van der Waals surface area contributed by atoms with Crippen LogP contribution in [0, 0.1) is 22.7 Å². The molecule has 1 N–H and O–H groups in total. The fourth-order valence-corrected chi connectivity index (χ4v) is 2.13. The van der Waals surface area contributed by atoms with Gasteiger partial charge in [-0.25, -0.2) is 0 Å². The minimum atomic E-state index is -0.408. The average Bonchev–Trinajstić information content (AvgIpc) is 2.53. The molecule has 1 saturated heterocycles. The number of carbonyl (C=O) groups is 1. The van der Waals surface area contributed by atoms with Crippen molar-refractivity contribution in [1.82, 2.24) is 4.90 Å². The van der Waals surface area contributed by atoms with Crippen LogP contribution in [0.2, 0.25) is 0 Å². The highest BCUT2D eigenvalue weighted by Crippen LogP contribution is 2.10. The summed E-state index contributed by atoms with van der Waals surface area (Å²) in [5.41, 5.74) is 1.13. The lowest BCUT2D eigenvalue weighted by atomic mass is 10.2. The van der Waals surface area contributed by atoms with E-state index in [0.29, 0.717) is 37.4 Å². The third-order valence-corrected chi connectivity index (χ3v) is 3.23. The lowest BCUT2D eigenvalue weighted by Crippen LogP contribution is -2.42. The van der Waals surface area contributed by atoms with Gasteiger partial charge in [-0.3, -0.25) is 9.69 Å². The molecule has 0 aliphatic carbocycles. The van der Waals surface area contributed by atoms with Gasteiger partial charge in [-0.1, -0.05) is 6.07 Å². The molecule has 0 bridgehead atoms. The van der Waals surface area contributed by atoms with Crippen molar-refractivity contribution in [3.63, 3.8) is 0 Å². The Hall–Kier alpha value is -2.41. The predicted octanol–water partition coefficient (Wildman–Crippen LogP) is 1.11. The number of ether oxygens (including phenoxy) is 1. The normalized spacial score (nSPS) is 18.5. The van der Waals surface area contributed by atoms with Gasteiger partial charge in [0.05, 0.1) is 24.3 Å². The molecule has 1 heterocycles. The van der Waals surface area contributed by atoms with Crippen molar-refractivity contribution >= 4 is 11.6 Å². The first-order valence-electron chi connectivity index (χ1n) is 6.75. The number of amides is 1. The summed E-state index contributed by atoms with van der Waals surface area (Å²) in [5.74, 6) is -0.106. The highest BCUT2D eigenvalue weighted by Gasteiger charge is 2.20. The van der Waals surface area contributed by atoms with Crippen LogP contribution in [-0.2, 0) is 9.53 Å². The second-order valence-electron chi connectivity index (χ2n) is 4.78. The summed E-state index contributed by atoms with van der Waals surface area (Å²) in [7, 11) is 0. The van der Waals surface area contributed by atoms with Crippen LogP contribution < -0.4 is 5.32 Å². The maximum Gasteiger partial charge on any atom is 0.225 e. The van der Waals surface area contributed by atoms with Crippen LogP contribution in [0.3, 0.4) is 0 Å². The van der Waals surface area contributed by atoms with Gasteiger partial charge in [0.25, 0.3) is 0 Å². The minimum absolute atomic E-state index is 0.106. The first-order valence-corrected chi connectivity index (χ1v) is 6.75. The van der Waals surface area contributed by atoms with Gasteiger partial charge in [-0.2, -0.15) is 10.5 Å². The molecule has 1 amide bonds. The molecule has 0 aromatic heterocycles. The first kappa shape index (κ1) is 15.0. The fraction of sp³-hybridized carbons (Fsp3) is 0.400. The van der Waals surface area contributed by atoms with Crippen molar-refractivity contribution in [3.8, 4) is 12.1 Å². The molecule has 6 nitrogen and oxygen atoms in total. The molecular formula is C15H16N4O2. The number of hydrogen-bond donors (Lipinski definition) is 1. The topological polar surface area (TPSA) is 89.2 Å². The van der Waals surface area contributed by atoms with Gasteiger partial charge in [0, 0.05) is 31.7 Å². The molecule has 108 valence electrons. The van der Waals surface area contributed by atoms with E-state index in [1.807, 2.05) is 11.0 Å². The van der Waals surface area contributed by atoms with E-state index < -0.39 is 6.10 Å². The maximum absolute atomic E-state index is 11.9. The largest absolute Gasteiger partial charge is 0.361 e. The SMILES string of the molecule is N#Cc1cccc(NC(=O)CCN2CCOC(C#N)C2)c1. The summed E-state index contributed by atoms with van der Waals surface area (Å²) in [4.78, 5) is 13.9. The Labute approximate surface area is 123 Å². The van der Waals surface area contributed by atoms with Crippen LogP contribution in [0.4, 0.5) is 5.69 Å². The van der Waals surface area contributed by atoms with Crippen LogP contribution in [0.25, 0.3) is 0 Å². The summed E-state index contributed by atoms with van der Waals surface area (Å²) in [6.07, 6.45) is -0.0660. The van der Waals surface area contributed by atoms with Gasteiger partial charge in [0.1, 0.15) is 0 Å². The molecule has 1 aromatic rings. The Balaban J connectivity index is 1.79. The quantitative estimate of drug-likeness (QED) is 0.894. The third kappa shape index (κ3) is 4.57. The number of morpholine rings is 1. The first-order chi connectivity index (χ1) is 10.2. The standard InChI is InChI=1S/C15H16N4O2/c16-9-12-2-1-3-13(8-12)18-15(20)4-5-19-6-7-21-14(10-17)11-19/h1-3,8,14H,4-7,11H2,(H,18,20). The summed E-state index contributed by atoms with van der Waals surface area (Å²) in [5, 5.41) is 20.4. The number of nitrogens with one attached hydrogen (secondary N) is 1. The van der Waals surface area contributed by atoms with Gasteiger partial charge in [0.2, 0.25) is 5.91 Å². The molecule has 1 atom stereocenters. The molecule has 0 saturated carbocycles. The molecule has 21 heavy (non-hydrogen) atoms. The number of nitriles is 2. The maximum atomic E-state index is 11.9. The van der Waals surface area contributed by atoms with Gasteiger partial charge in [-0.15, -0.1) is 0 Å². The Morgan fingerprint density at radius 1 is 1.48 bits per heavy atom. The van der Waals surface area contributed by atoms with Crippen LogP contribution >= 0.6 is 0 Å². The number of nitrogens with zero attached hydrogens (tertiary/aromatic N) is 3. The zero-order valence-corrected chi connectivity index (χ0v) is 11.6. The number of benzene rings is 1. The number of anilines is 1. The van der Waals surface area contributed by atoms with Crippen LogP contribution in [0.15, 0.2) is 24.3 Å². The molecule has 1 fully saturated rings. The lowest BCUT2D eigenvalue weighted by Gasteiger charge is -2.29. The zero-order valence-electron chi connectivity index (χ0n) is 11.6. The third-order valence-electron chi connectivity index (χ3n) is 3.23. The monoisotopic (exact) mass is 284 g/mol. The van der Waals surface area contributed by atoms with Gasteiger partial charge in [-0.05, 0) is 18.2 Å². The van der Waals surface area contributed by atoms with E-state index in [1.165, 1.54) is 0 Å². The summed E-state index contributed by atoms with van der Waals surface area (Å²) in [6, 6.07) is 10.9. The Bertz CT molecular complexity index is 588. The lowest BCUT2D eigenvalue weighted by molar-refractivity contribution is -0.116. The number of carbonyl (C=O) groups excluding carboxylic acids is 1. The highest BCUT2D eigenvalue weighted by atomic mass is 16.5.